The number of aromatic hydroxyl groups is 1. The Hall–Kier alpha value is -3.61. The van der Waals surface area contributed by atoms with Crippen molar-refractivity contribution in [3.05, 3.63) is 65.9 Å². The number of nitrogens with zero attached hydrogens (tertiary/aromatic N) is 2. The van der Waals surface area contributed by atoms with Crippen LogP contribution in [-0.4, -0.2) is 21.8 Å². The van der Waals surface area contributed by atoms with Crippen molar-refractivity contribution in [2.75, 3.05) is 5.32 Å². The largest absolute Gasteiger partial charge is 0.508 e. The van der Waals surface area contributed by atoms with Crippen LogP contribution in [0.5, 0.6) is 5.75 Å². The highest BCUT2D eigenvalue weighted by atomic mass is 16.4. The SMILES string of the molecule is O=C1CCC=C2NC(Nc3nc4ccccc4o3)=N[C@@H](c3ccc(O)cc3)[C@H]12. The van der Waals surface area contributed by atoms with E-state index >= 15 is 0 Å². The fourth-order valence-electron chi connectivity index (χ4n) is 3.71. The first-order valence-corrected chi connectivity index (χ1v) is 9.16. The molecule has 0 unspecified atom stereocenters. The summed E-state index contributed by atoms with van der Waals surface area (Å²) in [5.41, 5.74) is 3.13. The molecule has 28 heavy (non-hydrogen) atoms. The second-order valence-corrected chi connectivity index (χ2v) is 6.89. The van der Waals surface area contributed by atoms with Crippen molar-refractivity contribution in [2.45, 2.75) is 18.9 Å². The molecule has 7 nitrogen and oxygen atoms in total. The van der Waals surface area contributed by atoms with Gasteiger partial charge in [-0.05, 0) is 36.2 Å². The molecule has 1 aliphatic carbocycles. The summed E-state index contributed by atoms with van der Waals surface area (Å²) in [7, 11) is 0. The molecule has 0 spiro atoms. The van der Waals surface area contributed by atoms with Crippen LogP contribution in [0, 0.1) is 5.92 Å². The van der Waals surface area contributed by atoms with Crippen molar-refractivity contribution in [2.24, 2.45) is 10.9 Å². The van der Waals surface area contributed by atoms with E-state index in [1.165, 1.54) is 0 Å². The average molecular weight is 374 g/mol. The molecule has 0 amide bonds. The number of phenolic OH excluding ortho intramolecular Hbond substituents is 1. The van der Waals surface area contributed by atoms with Crippen LogP contribution in [0.15, 0.2) is 69.7 Å². The normalized spacial score (nSPS) is 21.5. The predicted molar refractivity (Wildman–Crippen MR) is 105 cm³/mol. The molecule has 0 saturated heterocycles. The Labute approximate surface area is 160 Å². The van der Waals surface area contributed by atoms with E-state index in [9.17, 15) is 9.90 Å². The molecule has 0 fully saturated rings. The lowest BCUT2D eigenvalue weighted by atomic mass is 9.81. The first kappa shape index (κ1) is 16.6. The van der Waals surface area contributed by atoms with Gasteiger partial charge >= 0.3 is 6.01 Å². The number of hydrogen-bond acceptors (Lipinski definition) is 7. The Morgan fingerprint density at radius 1 is 1.14 bits per heavy atom. The summed E-state index contributed by atoms with van der Waals surface area (Å²) in [6.45, 7) is 0. The number of anilines is 1. The van der Waals surface area contributed by atoms with E-state index in [1.807, 2.05) is 30.3 Å². The molecule has 1 aliphatic heterocycles. The van der Waals surface area contributed by atoms with Gasteiger partial charge in [-0.1, -0.05) is 30.3 Å². The van der Waals surface area contributed by atoms with Crippen LogP contribution >= 0.6 is 0 Å². The van der Waals surface area contributed by atoms with Gasteiger partial charge in [0.1, 0.15) is 17.0 Å². The molecule has 0 radical (unpaired) electrons. The summed E-state index contributed by atoms with van der Waals surface area (Å²) < 4.78 is 5.72. The zero-order valence-corrected chi connectivity index (χ0v) is 14.9. The smallest absolute Gasteiger partial charge is 0.302 e. The summed E-state index contributed by atoms with van der Waals surface area (Å²) in [5.74, 6) is 0.458. The third kappa shape index (κ3) is 2.90. The van der Waals surface area contributed by atoms with Crippen molar-refractivity contribution in [3.63, 3.8) is 0 Å². The van der Waals surface area contributed by atoms with Gasteiger partial charge in [-0.2, -0.15) is 4.98 Å². The highest BCUT2D eigenvalue weighted by Crippen LogP contribution is 2.38. The number of para-hydroxylation sites is 2. The second kappa shape index (κ2) is 6.53. The van der Waals surface area contributed by atoms with Gasteiger partial charge in [0.2, 0.25) is 5.96 Å². The van der Waals surface area contributed by atoms with E-state index in [2.05, 4.69) is 15.6 Å². The van der Waals surface area contributed by atoms with E-state index in [1.54, 1.807) is 24.3 Å². The number of allylic oxidation sites excluding steroid dienone is 1. The van der Waals surface area contributed by atoms with E-state index in [0.717, 1.165) is 16.8 Å². The summed E-state index contributed by atoms with van der Waals surface area (Å²) >= 11 is 0. The molecule has 5 rings (SSSR count). The van der Waals surface area contributed by atoms with Crippen LogP contribution in [0.25, 0.3) is 11.1 Å². The maximum atomic E-state index is 12.6. The number of ketones is 1. The monoisotopic (exact) mass is 374 g/mol. The van der Waals surface area contributed by atoms with Crippen LogP contribution in [0.4, 0.5) is 6.01 Å². The van der Waals surface area contributed by atoms with Gasteiger partial charge in [-0.3, -0.25) is 10.1 Å². The zero-order chi connectivity index (χ0) is 19.1. The lowest BCUT2D eigenvalue weighted by Crippen LogP contribution is -2.43. The number of hydrogen-bond donors (Lipinski definition) is 3. The standard InChI is InChI=1S/C21H18N4O3/c26-13-10-8-12(9-11-13)19-18-15(5-3-6-16(18)27)22-20(24-19)25-21-23-14-4-1-2-7-17(14)28-21/h1-2,4-5,7-11,18-19,26H,3,6H2,(H2,22,23,24,25)/t18-,19-/m0/s1. The summed E-state index contributed by atoms with van der Waals surface area (Å²) in [4.78, 5) is 21.8. The molecule has 1 aromatic heterocycles. The van der Waals surface area contributed by atoms with E-state index in [4.69, 9.17) is 9.41 Å². The third-order valence-electron chi connectivity index (χ3n) is 5.04. The van der Waals surface area contributed by atoms with E-state index in [0.29, 0.717) is 30.4 Å². The van der Waals surface area contributed by atoms with Gasteiger partial charge in [0.05, 0.1) is 12.0 Å². The molecule has 2 aliphatic rings. The van der Waals surface area contributed by atoms with Gasteiger partial charge in [-0.15, -0.1) is 0 Å². The number of oxazole rings is 1. The first-order chi connectivity index (χ1) is 13.7. The topological polar surface area (TPSA) is 99.8 Å². The molecule has 3 aromatic rings. The number of carbonyl (C=O) groups excluding carboxylic acids is 1. The fourth-order valence-corrected chi connectivity index (χ4v) is 3.71. The Morgan fingerprint density at radius 3 is 2.79 bits per heavy atom. The first-order valence-electron chi connectivity index (χ1n) is 9.16. The van der Waals surface area contributed by atoms with Crippen LogP contribution < -0.4 is 10.6 Å². The molecular weight excluding hydrogens is 356 g/mol. The van der Waals surface area contributed by atoms with Crippen molar-refractivity contribution >= 4 is 28.9 Å². The van der Waals surface area contributed by atoms with Crippen molar-refractivity contribution in [1.82, 2.24) is 10.3 Å². The lowest BCUT2D eigenvalue weighted by Gasteiger charge is -2.34. The fraction of sp³-hybridized carbons (Fsp3) is 0.190. The van der Waals surface area contributed by atoms with Gasteiger partial charge in [0.15, 0.2) is 5.58 Å². The van der Waals surface area contributed by atoms with Crippen LogP contribution in [-0.2, 0) is 4.79 Å². The minimum atomic E-state index is -0.382. The second-order valence-electron chi connectivity index (χ2n) is 6.89. The van der Waals surface area contributed by atoms with E-state index < -0.39 is 0 Å². The molecule has 140 valence electrons. The van der Waals surface area contributed by atoms with Crippen LogP contribution in [0.2, 0.25) is 0 Å². The maximum Gasteiger partial charge on any atom is 0.302 e. The number of Topliss-reactive ketones (excluding diaryl/α,β-unsaturated/α-hetero) is 1. The van der Waals surface area contributed by atoms with Crippen molar-refractivity contribution in [1.29, 1.82) is 0 Å². The third-order valence-corrected chi connectivity index (χ3v) is 5.04. The summed E-state index contributed by atoms with van der Waals surface area (Å²) in [6, 6.07) is 14.3. The maximum absolute atomic E-state index is 12.6. The minimum absolute atomic E-state index is 0.160. The van der Waals surface area contributed by atoms with Gasteiger partial charge < -0.3 is 14.8 Å². The number of nitrogens with one attached hydrogen (secondary N) is 2. The minimum Gasteiger partial charge on any atom is -0.508 e. The lowest BCUT2D eigenvalue weighted by molar-refractivity contribution is -0.122. The molecule has 3 N–H and O–H groups in total. The molecule has 2 atom stereocenters. The Bertz CT molecular complexity index is 1080. The molecule has 2 heterocycles. The molecule has 0 bridgehead atoms. The molecular formula is C21H18N4O3. The van der Waals surface area contributed by atoms with Crippen LogP contribution in [0.1, 0.15) is 24.4 Å². The van der Waals surface area contributed by atoms with Crippen molar-refractivity contribution < 1.29 is 14.3 Å². The molecule has 2 aromatic carbocycles. The Morgan fingerprint density at radius 2 is 1.96 bits per heavy atom. The number of rotatable bonds is 2. The quantitative estimate of drug-likeness (QED) is 0.635. The number of guanidine groups is 1. The van der Waals surface area contributed by atoms with E-state index in [-0.39, 0.29) is 23.5 Å². The predicted octanol–water partition coefficient (Wildman–Crippen LogP) is 3.51. The van der Waals surface area contributed by atoms with Gasteiger partial charge in [0.25, 0.3) is 0 Å². The number of aliphatic imine (C=N–C) groups is 1. The van der Waals surface area contributed by atoms with Gasteiger partial charge in [0, 0.05) is 12.1 Å². The number of phenols is 1. The number of carbonyl (C=O) groups is 1. The highest BCUT2D eigenvalue weighted by Gasteiger charge is 2.38. The number of benzene rings is 2. The average Bonchev–Trinajstić information content (AvgIpc) is 3.10. The number of aromatic nitrogens is 1. The van der Waals surface area contributed by atoms with Crippen molar-refractivity contribution in [3.8, 4) is 5.75 Å². The number of fused-ring (bicyclic) bond motifs is 2. The van der Waals surface area contributed by atoms with Crippen LogP contribution in [0.3, 0.4) is 0 Å². The highest BCUT2D eigenvalue weighted by molar-refractivity contribution is 5.97. The summed E-state index contributed by atoms with van der Waals surface area (Å²) in [5, 5.41) is 15.9. The molecule has 7 heteroatoms. The molecule has 0 saturated carbocycles. The van der Waals surface area contributed by atoms with Gasteiger partial charge in [-0.25, -0.2) is 4.99 Å². The summed E-state index contributed by atoms with van der Waals surface area (Å²) in [6.07, 6.45) is 3.26. The Balaban J connectivity index is 1.52. The Kier molecular flexibility index (Phi) is 3.86. The zero-order valence-electron chi connectivity index (χ0n) is 14.9.